The lowest BCUT2D eigenvalue weighted by atomic mass is 10.1. The molecule has 2 aromatic carbocycles. The maximum absolute atomic E-state index is 12.2. The monoisotopic (exact) mass is 280 g/mol. The molecule has 3 rings (SSSR count). The highest BCUT2D eigenvalue weighted by molar-refractivity contribution is 5.97. The van der Waals surface area contributed by atoms with Gasteiger partial charge in [0.15, 0.2) is 0 Å². The van der Waals surface area contributed by atoms with Gasteiger partial charge in [-0.3, -0.25) is 9.48 Å². The summed E-state index contributed by atoms with van der Waals surface area (Å²) in [5.74, 6) is -0.234. The summed E-state index contributed by atoms with van der Waals surface area (Å²) >= 11 is 0. The molecule has 0 fully saturated rings. The van der Waals surface area contributed by atoms with Gasteiger partial charge in [-0.25, -0.2) is 0 Å². The molecule has 3 N–H and O–H groups in total. The SMILES string of the molecule is Cn1ncc2ccc(NC(=O)C(N)c3ccccc3)cc21. The Kier molecular flexibility index (Phi) is 3.41. The van der Waals surface area contributed by atoms with Crippen LogP contribution in [0.4, 0.5) is 5.69 Å². The van der Waals surface area contributed by atoms with Crippen molar-refractivity contribution in [1.82, 2.24) is 9.78 Å². The third-order valence-corrected chi connectivity index (χ3v) is 3.46. The number of amides is 1. The summed E-state index contributed by atoms with van der Waals surface area (Å²) in [4.78, 5) is 12.2. The van der Waals surface area contributed by atoms with Gasteiger partial charge in [-0.15, -0.1) is 0 Å². The molecule has 0 spiro atoms. The van der Waals surface area contributed by atoms with Crippen molar-refractivity contribution in [1.29, 1.82) is 0 Å². The predicted molar refractivity (Wildman–Crippen MR) is 82.7 cm³/mol. The Labute approximate surface area is 122 Å². The smallest absolute Gasteiger partial charge is 0.245 e. The lowest BCUT2D eigenvalue weighted by Crippen LogP contribution is -2.27. The molecule has 1 heterocycles. The topological polar surface area (TPSA) is 72.9 Å². The fraction of sp³-hybridized carbons (Fsp3) is 0.125. The Bertz CT molecular complexity index is 779. The van der Waals surface area contributed by atoms with Crippen molar-refractivity contribution in [2.45, 2.75) is 6.04 Å². The first kappa shape index (κ1) is 13.3. The molecule has 0 aliphatic rings. The summed E-state index contributed by atoms with van der Waals surface area (Å²) in [6.07, 6.45) is 1.79. The largest absolute Gasteiger partial charge is 0.324 e. The van der Waals surface area contributed by atoms with Crippen LogP contribution in [0.2, 0.25) is 0 Å². The zero-order valence-electron chi connectivity index (χ0n) is 11.7. The van der Waals surface area contributed by atoms with Gasteiger partial charge in [0.25, 0.3) is 0 Å². The first-order valence-corrected chi connectivity index (χ1v) is 6.68. The number of benzene rings is 2. The Morgan fingerprint density at radius 3 is 2.76 bits per heavy atom. The molecule has 1 amide bonds. The van der Waals surface area contributed by atoms with Gasteiger partial charge >= 0.3 is 0 Å². The van der Waals surface area contributed by atoms with Gasteiger partial charge in [0.1, 0.15) is 6.04 Å². The van der Waals surface area contributed by atoms with Gasteiger partial charge in [0, 0.05) is 18.1 Å². The lowest BCUT2D eigenvalue weighted by molar-refractivity contribution is -0.117. The van der Waals surface area contributed by atoms with Crippen LogP contribution in [0.5, 0.6) is 0 Å². The third-order valence-electron chi connectivity index (χ3n) is 3.46. The Balaban J connectivity index is 1.81. The number of carbonyl (C=O) groups is 1. The molecule has 0 saturated carbocycles. The first-order chi connectivity index (χ1) is 10.1. The van der Waals surface area contributed by atoms with E-state index in [1.165, 1.54) is 0 Å². The Hall–Kier alpha value is -2.66. The zero-order chi connectivity index (χ0) is 14.8. The number of nitrogens with two attached hydrogens (primary N) is 1. The molecule has 21 heavy (non-hydrogen) atoms. The Morgan fingerprint density at radius 1 is 1.24 bits per heavy atom. The van der Waals surface area contributed by atoms with Gasteiger partial charge < -0.3 is 11.1 Å². The number of nitrogens with zero attached hydrogens (tertiary/aromatic N) is 2. The van der Waals surface area contributed by atoms with Gasteiger partial charge in [0.05, 0.1) is 11.7 Å². The molecule has 5 nitrogen and oxygen atoms in total. The van der Waals surface area contributed by atoms with Crippen molar-refractivity contribution in [3.05, 3.63) is 60.3 Å². The molecule has 0 aliphatic heterocycles. The zero-order valence-corrected chi connectivity index (χ0v) is 11.7. The van der Waals surface area contributed by atoms with Crippen molar-refractivity contribution in [3.63, 3.8) is 0 Å². The minimum absolute atomic E-state index is 0.234. The number of rotatable bonds is 3. The Morgan fingerprint density at radius 2 is 2.00 bits per heavy atom. The summed E-state index contributed by atoms with van der Waals surface area (Å²) < 4.78 is 1.77. The number of hydrogen-bond acceptors (Lipinski definition) is 3. The first-order valence-electron chi connectivity index (χ1n) is 6.68. The van der Waals surface area contributed by atoms with E-state index in [1.807, 2.05) is 55.6 Å². The fourth-order valence-electron chi connectivity index (χ4n) is 2.25. The van der Waals surface area contributed by atoms with E-state index in [-0.39, 0.29) is 5.91 Å². The van der Waals surface area contributed by atoms with Crippen molar-refractivity contribution < 1.29 is 4.79 Å². The minimum atomic E-state index is -0.687. The molecule has 0 radical (unpaired) electrons. The van der Waals surface area contributed by atoms with E-state index in [1.54, 1.807) is 10.9 Å². The summed E-state index contributed by atoms with van der Waals surface area (Å²) in [7, 11) is 1.86. The quantitative estimate of drug-likeness (QED) is 0.772. The molecular weight excluding hydrogens is 264 g/mol. The minimum Gasteiger partial charge on any atom is -0.324 e. The average molecular weight is 280 g/mol. The van der Waals surface area contributed by atoms with E-state index < -0.39 is 6.04 Å². The molecule has 1 unspecified atom stereocenters. The van der Waals surface area contributed by atoms with E-state index in [2.05, 4.69) is 10.4 Å². The normalized spacial score (nSPS) is 12.3. The average Bonchev–Trinajstić information content (AvgIpc) is 2.88. The van der Waals surface area contributed by atoms with Gasteiger partial charge in [-0.1, -0.05) is 30.3 Å². The third kappa shape index (κ3) is 2.64. The number of nitrogens with one attached hydrogen (secondary N) is 1. The number of aryl methyl sites for hydroxylation is 1. The van der Waals surface area contributed by atoms with Crippen LogP contribution >= 0.6 is 0 Å². The second-order valence-corrected chi connectivity index (χ2v) is 4.92. The number of anilines is 1. The van der Waals surface area contributed by atoms with E-state index in [0.717, 1.165) is 16.5 Å². The van der Waals surface area contributed by atoms with Crippen LogP contribution in [-0.2, 0) is 11.8 Å². The molecule has 3 aromatic rings. The van der Waals surface area contributed by atoms with Crippen LogP contribution in [0.3, 0.4) is 0 Å². The maximum Gasteiger partial charge on any atom is 0.245 e. The van der Waals surface area contributed by atoms with Crippen molar-refractivity contribution in [2.24, 2.45) is 12.8 Å². The summed E-state index contributed by atoms with van der Waals surface area (Å²) in [6, 6.07) is 14.3. The predicted octanol–water partition coefficient (Wildman–Crippen LogP) is 2.21. The fourth-order valence-corrected chi connectivity index (χ4v) is 2.25. The lowest BCUT2D eigenvalue weighted by Gasteiger charge is -2.12. The van der Waals surface area contributed by atoms with Crippen LogP contribution in [0.25, 0.3) is 10.9 Å². The second kappa shape index (κ2) is 5.38. The maximum atomic E-state index is 12.2. The van der Waals surface area contributed by atoms with Gasteiger partial charge in [-0.2, -0.15) is 5.10 Å². The van der Waals surface area contributed by atoms with E-state index in [4.69, 9.17) is 5.73 Å². The molecule has 1 atom stereocenters. The highest BCUT2D eigenvalue weighted by Crippen LogP contribution is 2.19. The number of hydrogen-bond donors (Lipinski definition) is 2. The second-order valence-electron chi connectivity index (χ2n) is 4.92. The van der Waals surface area contributed by atoms with Crippen molar-refractivity contribution in [2.75, 3.05) is 5.32 Å². The van der Waals surface area contributed by atoms with Crippen LogP contribution in [-0.4, -0.2) is 15.7 Å². The molecule has 5 heteroatoms. The molecule has 1 aromatic heterocycles. The van der Waals surface area contributed by atoms with Crippen LogP contribution < -0.4 is 11.1 Å². The van der Waals surface area contributed by atoms with E-state index in [0.29, 0.717) is 5.69 Å². The summed E-state index contributed by atoms with van der Waals surface area (Å²) in [6.45, 7) is 0. The molecule has 0 aliphatic carbocycles. The summed E-state index contributed by atoms with van der Waals surface area (Å²) in [5.41, 5.74) is 8.44. The molecule has 106 valence electrons. The number of carbonyl (C=O) groups excluding carboxylic acids is 1. The van der Waals surface area contributed by atoms with Crippen LogP contribution in [0, 0.1) is 0 Å². The number of aromatic nitrogens is 2. The molecular formula is C16H16N4O. The summed E-state index contributed by atoms with van der Waals surface area (Å²) in [5, 5.41) is 8.05. The highest BCUT2D eigenvalue weighted by Gasteiger charge is 2.15. The standard InChI is InChI=1S/C16H16N4O/c1-20-14-9-13(8-7-12(14)10-18-20)19-16(21)15(17)11-5-3-2-4-6-11/h2-10,15H,17H2,1H3,(H,19,21). The van der Waals surface area contributed by atoms with Gasteiger partial charge in [-0.05, 0) is 23.8 Å². The molecule has 0 bridgehead atoms. The van der Waals surface area contributed by atoms with Crippen LogP contribution in [0.1, 0.15) is 11.6 Å². The molecule has 0 saturated heterocycles. The van der Waals surface area contributed by atoms with Gasteiger partial charge in [0.2, 0.25) is 5.91 Å². The number of fused-ring (bicyclic) bond motifs is 1. The van der Waals surface area contributed by atoms with Crippen molar-refractivity contribution >= 4 is 22.5 Å². The highest BCUT2D eigenvalue weighted by atomic mass is 16.2. The van der Waals surface area contributed by atoms with Crippen molar-refractivity contribution in [3.8, 4) is 0 Å². The van der Waals surface area contributed by atoms with E-state index in [9.17, 15) is 4.79 Å². The van der Waals surface area contributed by atoms with Crippen LogP contribution in [0.15, 0.2) is 54.7 Å². The van der Waals surface area contributed by atoms with E-state index >= 15 is 0 Å².